The largest absolute Gasteiger partial charge is 0.473 e. The lowest BCUT2D eigenvalue weighted by atomic mass is 10.0. The number of aromatic nitrogens is 2. The molecule has 12 heteroatoms. The van der Waals surface area contributed by atoms with Crippen molar-refractivity contribution in [2.45, 2.75) is 45.1 Å². The molecule has 0 amide bonds. The van der Waals surface area contributed by atoms with Crippen LogP contribution in [0.25, 0.3) is 11.3 Å². The van der Waals surface area contributed by atoms with Crippen LogP contribution in [0.5, 0.6) is 5.88 Å². The van der Waals surface area contributed by atoms with E-state index in [4.69, 9.17) is 14.0 Å². The van der Waals surface area contributed by atoms with Crippen LogP contribution in [0.15, 0.2) is 69.0 Å². The van der Waals surface area contributed by atoms with Crippen molar-refractivity contribution in [2.24, 2.45) is 5.10 Å². The number of pyridine rings is 1. The fourth-order valence-corrected chi connectivity index (χ4v) is 4.88. The SMILES string of the molecule is CCc1ccc(COc2cccc(-c3cc(F)c(CC4=NNC(c5cc(=O)[nH]o5)N4CC4CCO4)cc3F)n2)c(F)c1. The molecule has 2 N–H and O–H groups in total. The number of hydrazone groups is 1. The average Bonchev–Trinajstić information content (AvgIpc) is 3.57. The molecule has 2 aromatic heterocycles. The first-order chi connectivity index (χ1) is 20.4. The van der Waals surface area contributed by atoms with Gasteiger partial charge in [-0.25, -0.2) is 18.2 Å². The van der Waals surface area contributed by atoms with Crippen LogP contribution in [0.1, 0.15) is 42.0 Å². The molecule has 1 saturated heterocycles. The molecule has 0 bridgehead atoms. The molecule has 0 radical (unpaired) electrons. The number of hydrogen-bond donors (Lipinski definition) is 2. The molecule has 2 aliphatic heterocycles. The van der Waals surface area contributed by atoms with Crippen LogP contribution in [-0.2, 0) is 24.2 Å². The lowest BCUT2D eigenvalue weighted by Crippen LogP contribution is -2.44. The van der Waals surface area contributed by atoms with Gasteiger partial charge in [0.2, 0.25) is 5.88 Å². The standard InChI is InChI=1S/C30H28F3N5O4/c1-2-17-6-7-18(22(31)10-17)16-41-29-5-3-4-25(34-29)21-13-23(32)19(11-24(21)33)12-27-35-36-30(26-14-28(39)37-42-26)38(27)15-20-8-9-40-20/h3-7,10-11,13-14,20,30,36H,2,8-9,12,15-16H2,1H3,(H,37,39). The highest BCUT2D eigenvalue weighted by atomic mass is 19.1. The van der Waals surface area contributed by atoms with Crippen molar-refractivity contribution in [3.63, 3.8) is 0 Å². The molecule has 9 nitrogen and oxygen atoms in total. The van der Waals surface area contributed by atoms with Crippen molar-refractivity contribution in [1.29, 1.82) is 0 Å². The van der Waals surface area contributed by atoms with Gasteiger partial charge in [-0.1, -0.05) is 25.1 Å². The van der Waals surface area contributed by atoms with Crippen molar-refractivity contribution in [1.82, 2.24) is 20.5 Å². The summed E-state index contributed by atoms with van der Waals surface area (Å²) in [6, 6.07) is 13.2. The first-order valence-corrected chi connectivity index (χ1v) is 13.6. The van der Waals surface area contributed by atoms with Gasteiger partial charge < -0.3 is 18.9 Å². The van der Waals surface area contributed by atoms with Gasteiger partial charge >= 0.3 is 0 Å². The summed E-state index contributed by atoms with van der Waals surface area (Å²) in [4.78, 5) is 17.8. The summed E-state index contributed by atoms with van der Waals surface area (Å²) in [6.45, 7) is 2.95. The number of rotatable bonds is 10. The van der Waals surface area contributed by atoms with Gasteiger partial charge in [0.1, 0.15) is 29.9 Å². The quantitative estimate of drug-likeness (QED) is 0.277. The van der Waals surface area contributed by atoms with E-state index in [0.717, 1.165) is 30.5 Å². The van der Waals surface area contributed by atoms with Crippen molar-refractivity contribution in [2.75, 3.05) is 13.2 Å². The van der Waals surface area contributed by atoms with Gasteiger partial charge in [-0.3, -0.25) is 10.2 Å². The molecule has 1 fully saturated rings. The van der Waals surface area contributed by atoms with Gasteiger partial charge in [0.25, 0.3) is 5.56 Å². The molecular weight excluding hydrogens is 551 g/mol. The van der Waals surface area contributed by atoms with Gasteiger partial charge in [0.15, 0.2) is 11.9 Å². The van der Waals surface area contributed by atoms with Crippen LogP contribution in [0.2, 0.25) is 0 Å². The molecule has 218 valence electrons. The smallest absolute Gasteiger partial charge is 0.280 e. The van der Waals surface area contributed by atoms with Crippen molar-refractivity contribution in [3.05, 3.63) is 105 Å². The van der Waals surface area contributed by atoms with Crippen LogP contribution in [0, 0.1) is 17.5 Å². The number of halogens is 3. The Hall–Kier alpha value is -4.58. The van der Waals surface area contributed by atoms with Crippen LogP contribution < -0.4 is 15.7 Å². The van der Waals surface area contributed by atoms with E-state index in [-0.39, 0.29) is 47.6 Å². The van der Waals surface area contributed by atoms with Crippen molar-refractivity contribution < 1.29 is 27.2 Å². The minimum absolute atomic E-state index is 0.0210. The number of H-pyrrole nitrogens is 1. The lowest BCUT2D eigenvalue weighted by Gasteiger charge is -2.34. The molecule has 4 heterocycles. The fraction of sp³-hybridized carbons (Fsp3) is 0.300. The van der Waals surface area contributed by atoms with E-state index in [9.17, 15) is 9.18 Å². The molecule has 2 unspecified atom stereocenters. The first kappa shape index (κ1) is 27.6. The Morgan fingerprint density at radius 2 is 1.88 bits per heavy atom. The Morgan fingerprint density at radius 3 is 2.60 bits per heavy atom. The number of hydrogen-bond acceptors (Lipinski definition) is 8. The second-order valence-corrected chi connectivity index (χ2v) is 10.1. The summed E-state index contributed by atoms with van der Waals surface area (Å²) >= 11 is 0. The minimum atomic E-state index is -0.675. The monoisotopic (exact) mass is 579 g/mol. The van der Waals surface area contributed by atoms with E-state index < -0.39 is 23.4 Å². The number of amidine groups is 1. The second-order valence-electron chi connectivity index (χ2n) is 10.1. The molecule has 4 aromatic rings. The van der Waals surface area contributed by atoms with E-state index >= 15 is 8.78 Å². The maximum Gasteiger partial charge on any atom is 0.280 e. The lowest BCUT2D eigenvalue weighted by molar-refractivity contribution is -0.0633. The maximum atomic E-state index is 15.4. The van der Waals surface area contributed by atoms with Crippen LogP contribution in [-0.4, -0.2) is 40.1 Å². The number of ether oxygens (including phenoxy) is 2. The predicted octanol–water partition coefficient (Wildman–Crippen LogP) is 4.84. The molecule has 0 aliphatic carbocycles. The van der Waals surface area contributed by atoms with Crippen LogP contribution >= 0.6 is 0 Å². The number of benzene rings is 2. The highest BCUT2D eigenvalue weighted by Crippen LogP contribution is 2.30. The molecule has 2 atom stereocenters. The number of aromatic amines is 1. The molecule has 0 spiro atoms. The Bertz CT molecular complexity index is 1680. The van der Waals surface area contributed by atoms with Gasteiger partial charge in [0, 0.05) is 36.8 Å². The number of aryl methyl sites for hydroxylation is 1. The Balaban J connectivity index is 1.19. The summed E-state index contributed by atoms with van der Waals surface area (Å²) < 4.78 is 61.6. The molecule has 2 aliphatic rings. The van der Waals surface area contributed by atoms with Gasteiger partial charge in [-0.2, -0.15) is 10.3 Å². The van der Waals surface area contributed by atoms with E-state index in [1.807, 2.05) is 17.9 Å². The maximum absolute atomic E-state index is 15.4. The summed E-state index contributed by atoms with van der Waals surface area (Å²) in [5.74, 6) is -0.785. The highest BCUT2D eigenvalue weighted by Gasteiger charge is 2.35. The zero-order valence-electron chi connectivity index (χ0n) is 22.7. The summed E-state index contributed by atoms with van der Waals surface area (Å²) in [5.41, 5.74) is 3.97. The van der Waals surface area contributed by atoms with Crippen LogP contribution in [0.4, 0.5) is 13.2 Å². The topological polar surface area (TPSA) is 105 Å². The zero-order valence-corrected chi connectivity index (χ0v) is 22.7. The van der Waals surface area contributed by atoms with Crippen molar-refractivity contribution in [3.8, 4) is 17.1 Å². The number of nitrogens with one attached hydrogen (secondary N) is 2. The Kier molecular flexibility index (Phi) is 7.70. The predicted molar refractivity (Wildman–Crippen MR) is 147 cm³/mol. The molecule has 0 saturated carbocycles. The second kappa shape index (κ2) is 11.7. The summed E-state index contributed by atoms with van der Waals surface area (Å²) in [6.07, 6.45) is 0.892. The molecule has 6 rings (SSSR count). The summed E-state index contributed by atoms with van der Waals surface area (Å²) in [5, 5.41) is 6.59. The normalized spacial score (nSPS) is 18.0. The Labute approximate surface area is 238 Å². The first-order valence-electron chi connectivity index (χ1n) is 13.6. The third kappa shape index (κ3) is 5.75. The van der Waals surface area contributed by atoms with E-state index in [1.54, 1.807) is 24.3 Å². The van der Waals surface area contributed by atoms with E-state index in [1.165, 1.54) is 12.1 Å². The van der Waals surface area contributed by atoms with Gasteiger partial charge in [-0.15, -0.1) is 0 Å². The number of nitrogens with zero attached hydrogens (tertiary/aromatic N) is 3. The Morgan fingerprint density at radius 1 is 1.05 bits per heavy atom. The van der Waals surface area contributed by atoms with E-state index in [2.05, 4.69) is 20.7 Å². The van der Waals surface area contributed by atoms with Gasteiger partial charge in [-0.05, 0) is 48.2 Å². The molecule has 2 aromatic carbocycles. The van der Waals surface area contributed by atoms with Crippen LogP contribution in [0.3, 0.4) is 0 Å². The molecular formula is C30H28F3N5O4. The third-order valence-electron chi connectivity index (χ3n) is 7.35. The van der Waals surface area contributed by atoms with Crippen molar-refractivity contribution >= 4 is 5.84 Å². The minimum Gasteiger partial charge on any atom is -0.473 e. The zero-order chi connectivity index (χ0) is 29.2. The fourth-order valence-electron chi connectivity index (χ4n) is 4.88. The highest BCUT2D eigenvalue weighted by molar-refractivity contribution is 5.86. The average molecular weight is 580 g/mol. The van der Waals surface area contributed by atoms with E-state index in [0.29, 0.717) is 30.3 Å². The molecule has 42 heavy (non-hydrogen) atoms. The summed E-state index contributed by atoms with van der Waals surface area (Å²) in [7, 11) is 0. The van der Waals surface area contributed by atoms with Gasteiger partial charge in [0.05, 0.1) is 17.9 Å². The third-order valence-corrected chi connectivity index (χ3v) is 7.35.